The molecular formula is C14H15N3O2. The first-order valence-electron chi connectivity index (χ1n) is 8.97. The molecule has 0 aliphatic carbocycles. The third-order valence-electron chi connectivity index (χ3n) is 2.79. The average molecular weight is 264 g/mol. The maximum atomic E-state index is 12.8. The highest BCUT2D eigenvalue weighted by atomic mass is 16.2. The molecule has 1 atom stereocenters. The number of nitrogens with two attached hydrogens (primary N) is 1. The fraction of sp³-hybridized carbons (Fsp3) is 0.286. The Hall–Kier alpha value is -2.30. The molecule has 0 bridgehead atoms. The number of carbonyl (C=O) groups is 2. The number of fused-ring (bicyclic) bond motifs is 1. The first-order chi connectivity index (χ1) is 11.7. The lowest BCUT2D eigenvalue weighted by molar-refractivity contribution is -0.126. The molecular weight excluding hydrogens is 242 g/mol. The molecule has 0 aromatic heterocycles. The lowest BCUT2D eigenvalue weighted by Gasteiger charge is -2.30. The predicted molar refractivity (Wildman–Crippen MR) is 71.0 cm³/mol. The molecule has 0 spiro atoms. The summed E-state index contributed by atoms with van der Waals surface area (Å²) in [6.07, 6.45) is -6.24. The van der Waals surface area contributed by atoms with Gasteiger partial charge in [-0.25, -0.2) is 0 Å². The first kappa shape index (κ1) is 6.23. The third kappa shape index (κ3) is 1.78. The van der Waals surface area contributed by atoms with Gasteiger partial charge in [0.05, 0.1) is 4.11 Å². The molecule has 2 heterocycles. The Labute approximate surface area is 120 Å². The van der Waals surface area contributed by atoms with Crippen LogP contribution in [-0.4, -0.2) is 22.7 Å². The smallest absolute Gasteiger partial charge is 0.255 e. The lowest BCUT2D eigenvalue weighted by Crippen LogP contribution is -2.49. The summed E-state index contributed by atoms with van der Waals surface area (Å²) >= 11 is 0. The SMILES string of the molecule is [2H]C1([2H])c2c(N)cccc2C(=O)N1C1([2H])C(=O)NC(=C)C([2H])([2H])C1([2H])[2H]. The molecule has 2 aliphatic rings. The molecule has 5 heteroatoms. The van der Waals surface area contributed by atoms with Crippen molar-refractivity contribution in [1.82, 2.24) is 10.2 Å². The fourth-order valence-electron chi connectivity index (χ4n) is 1.89. The number of anilines is 1. The van der Waals surface area contributed by atoms with Crippen molar-refractivity contribution in [2.75, 3.05) is 5.73 Å². The van der Waals surface area contributed by atoms with Crippen LogP contribution >= 0.6 is 0 Å². The zero-order valence-corrected chi connectivity index (χ0v) is 9.78. The van der Waals surface area contributed by atoms with E-state index in [4.69, 9.17) is 15.3 Å². The molecule has 1 saturated heterocycles. The summed E-state index contributed by atoms with van der Waals surface area (Å²) in [6, 6.07) is 0.725. The van der Waals surface area contributed by atoms with Crippen molar-refractivity contribution in [2.24, 2.45) is 0 Å². The molecule has 3 N–H and O–H groups in total. The highest BCUT2D eigenvalue weighted by Gasteiger charge is 2.38. The van der Waals surface area contributed by atoms with Gasteiger partial charge in [0.2, 0.25) is 5.91 Å². The van der Waals surface area contributed by atoms with Crippen molar-refractivity contribution in [3.63, 3.8) is 0 Å². The highest BCUT2D eigenvalue weighted by molar-refractivity contribution is 6.02. The van der Waals surface area contributed by atoms with Gasteiger partial charge in [0.25, 0.3) is 5.91 Å². The van der Waals surface area contributed by atoms with Crippen LogP contribution in [0.1, 0.15) is 38.3 Å². The van der Waals surface area contributed by atoms with Crippen molar-refractivity contribution < 1.29 is 19.2 Å². The molecule has 98 valence electrons. The van der Waals surface area contributed by atoms with E-state index < -0.39 is 42.8 Å². The van der Waals surface area contributed by atoms with Crippen LogP contribution in [0.4, 0.5) is 5.69 Å². The number of benzene rings is 1. The molecule has 19 heavy (non-hydrogen) atoms. The van der Waals surface area contributed by atoms with Gasteiger partial charge < -0.3 is 16.0 Å². The second-order valence-corrected chi connectivity index (χ2v) is 4.05. The Morgan fingerprint density at radius 2 is 2.32 bits per heavy atom. The minimum atomic E-state index is -3.31. The minimum absolute atomic E-state index is 0.101. The van der Waals surface area contributed by atoms with Gasteiger partial charge in [0, 0.05) is 34.5 Å². The molecule has 1 aromatic rings. The van der Waals surface area contributed by atoms with Crippen molar-refractivity contribution in [2.45, 2.75) is 25.3 Å². The number of nitrogens with one attached hydrogen (secondary N) is 1. The summed E-state index contributed by atoms with van der Waals surface area (Å²) in [5.74, 6) is -2.53. The molecule has 1 aromatic carbocycles. The fourth-order valence-corrected chi connectivity index (χ4v) is 1.89. The zero-order chi connectivity index (χ0) is 19.9. The monoisotopic (exact) mass is 264 g/mol. The van der Waals surface area contributed by atoms with E-state index in [-0.39, 0.29) is 21.7 Å². The van der Waals surface area contributed by atoms with Crippen LogP contribution in [0.2, 0.25) is 0 Å². The summed E-state index contributed by atoms with van der Waals surface area (Å²) in [6.45, 7) is 0.460. The van der Waals surface area contributed by atoms with Crippen LogP contribution in [0.5, 0.6) is 0 Å². The number of piperidine rings is 1. The molecule has 2 amide bonds. The number of amides is 2. The Balaban J connectivity index is 2.29. The Bertz CT molecular complexity index is 870. The number of allylic oxidation sites excluding steroid dienone is 1. The van der Waals surface area contributed by atoms with Crippen molar-refractivity contribution >= 4 is 17.5 Å². The minimum Gasteiger partial charge on any atom is -0.398 e. The Kier molecular flexibility index (Phi) is 1.35. The van der Waals surface area contributed by atoms with E-state index in [1.165, 1.54) is 18.2 Å². The standard InChI is InChI=1S/C14H15N3O2/c1-8-5-6-12(13(18)16-8)17-7-10-9(14(17)19)3-2-4-11(10)15/h2-4,12H,1,5-7,15H2,(H,16,18)/i5D2,6D2,7D2,12D. The van der Waals surface area contributed by atoms with Gasteiger partial charge >= 0.3 is 0 Å². The predicted octanol–water partition coefficient (Wildman–Crippen LogP) is 1.02. The van der Waals surface area contributed by atoms with Gasteiger partial charge in [0.15, 0.2) is 0 Å². The van der Waals surface area contributed by atoms with Crippen molar-refractivity contribution in [3.05, 3.63) is 41.6 Å². The highest BCUT2D eigenvalue weighted by Crippen LogP contribution is 2.31. The molecule has 0 saturated carbocycles. The number of hydrogen-bond acceptors (Lipinski definition) is 3. The van der Waals surface area contributed by atoms with Crippen LogP contribution in [-0.2, 0) is 11.3 Å². The lowest BCUT2D eigenvalue weighted by atomic mass is 10.0. The van der Waals surface area contributed by atoms with Gasteiger partial charge in [-0.2, -0.15) is 0 Å². The maximum absolute atomic E-state index is 12.8. The number of carbonyl (C=O) groups excluding carboxylic acids is 2. The summed E-state index contributed by atoms with van der Waals surface area (Å²) < 4.78 is 57.1. The van der Waals surface area contributed by atoms with E-state index in [9.17, 15) is 9.59 Å². The molecule has 3 rings (SSSR count). The Morgan fingerprint density at radius 3 is 3.05 bits per heavy atom. The molecule has 2 aliphatic heterocycles. The quantitative estimate of drug-likeness (QED) is 0.743. The van der Waals surface area contributed by atoms with Gasteiger partial charge in [-0.05, 0) is 24.9 Å². The molecule has 5 nitrogen and oxygen atoms in total. The second-order valence-electron chi connectivity index (χ2n) is 4.05. The van der Waals surface area contributed by atoms with Gasteiger partial charge in [-0.3, -0.25) is 9.59 Å². The number of nitrogens with zero attached hydrogens (tertiary/aromatic N) is 1. The number of nitrogen functional groups attached to an aromatic ring is 1. The van der Waals surface area contributed by atoms with E-state index in [2.05, 4.69) is 6.58 Å². The molecule has 0 radical (unpaired) electrons. The van der Waals surface area contributed by atoms with Gasteiger partial charge in [-0.1, -0.05) is 12.6 Å². The summed E-state index contributed by atoms with van der Waals surface area (Å²) in [5, 5.41) is 1.96. The topological polar surface area (TPSA) is 75.4 Å². The van der Waals surface area contributed by atoms with E-state index >= 15 is 0 Å². The maximum Gasteiger partial charge on any atom is 0.255 e. The second kappa shape index (κ2) is 4.12. The van der Waals surface area contributed by atoms with Crippen molar-refractivity contribution in [1.29, 1.82) is 0 Å². The van der Waals surface area contributed by atoms with Crippen LogP contribution in [0.15, 0.2) is 30.5 Å². The van der Waals surface area contributed by atoms with E-state index in [1.54, 1.807) is 0 Å². The van der Waals surface area contributed by atoms with Crippen LogP contribution in [0.25, 0.3) is 0 Å². The van der Waals surface area contributed by atoms with E-state index in [1.807, 2.05) is 5.32 Å². The normalized spacial score (nSPS) is 39.7. The summed E-state index contributed by atoms with van der Waals surface area (Å²) in [7, 11) is 0. The van der Waals surface area contributed by atoms with E-state index in [0.29, 0.717) is 0 Å². The number of rotatable bonds is 1. The Morgan fingerprint density at radius 1 is 1.53 bits per heavy atom. The average Bonchev–Trinajstić information content (AvgIpc) is 2.72. The summed E-state index contributed by atoms with van der Waals surface area (Å²) in [5.41, 5.74) is 4.55. The summed E-state index contributed by atoms with van der Waals surface area (Å²) in [4.78, 5) is 25.5. The van der Waals surface area contributed by atoms with Crippen LogP contribution in [0, 0.1) is 0 Å². The van der Waals surface area contributed by atoms with E-state index in [0.717, 1.165) is 0 Å². The third-order valence-corrected chi connectivity index (χ3v) is 2.79. The van der Waals surface area contributed by atoms with Crippen molar-refractivity contribution in [3.8, 4) is 0 Å². The van der Waals surface area contributed by atoms with Crippen LogP contribution < -0.4 is 11.1 Å². The molecule has 1 unspecified atom stereocenters. The zero-order valence-electron chi connectivity index (χ0n) is 16.8. The largest absolute Gasteiger partial charge is 0.398 e. The van der Waals surface area contributed by atoms with Crippen LogP contribution in [0.3, 0.4) is 0 Å². The number of hydrogen-bond donors (Lipinski definition) is 2. The first-order valence-corrected chi connectivity index (χ1v) is 5.47. The van der Waals surface area contributed by atoms with Gasteiger partial charge in [-0.15, -0.1) is 0 Å². The van der Waals surface area contributed by atoms with Gasteiger partial charge in [0.1, 0.15) is 6.02 Å². The molecule has 1 fully saturated rings.